The van der Waals surface area contributed by atoms with Crippen LogP contribution in [0.5, 0.6) is 5.75 Å². The van der Waals surface area contributed by atoms with Crippen molar-refractivity contribution in [1.29, 1.82) is 5.26 Å². The molecule has 1 atom stereocenters. The fourth-order valence-corrected chi connectivity index (χ4v) is 2.79. The van der Waals surface area contributed by atoms with Crippen LogP contribution in [-0.2, 0) is 0 Å². The van der Waals surface area contributed by atoms with Crippen molar-refractivity contribution >= 4 is 11.4 Å². The van der Waals surface area contributed by atoms with Gasteiger partial charge in [0, 0.05) is 23.9 Å². The highest BCUT2D eigenvalue weighted by Gasteiger charge is 2.19. The highest BCUT2D eigenvalue weighted by Crippen LogP contribution is 2.29. The Morgan fingerprint density at radius 3 is 2.65 bits per heavy atom. The average molecular weight is 354 g/mol. The first kappa shape index (κ1) is 19.2. The lowest BCUT2D eigenvalue weighted by Crippen LogP contribution is -2.27. The summed E-state index contributed by atoms with van der Waals surface area (Å²) in [6.45, 7) is 2.20. The third-order valence-electron chi connectivity index (χ3n) is 4.29. The molecule has 0 fully saturated rings. The summed E-state index contributed by atoms with van der Waals surface area (Å²) in [6.07, 6.45) is 0. The number of rotatable bonds is 7. The first-order valence-corrected chi connectivity index (χ1v) is 8.10. The largest absolute Gasteiger partial charge is 0.497 e. The van der Waals surface area contributed by atoms with Crippen molar-refractivity contribution in [2.75, 3.05) is 33.1 Å². The summed E-state index contributed by atoms with van der Waals surface area (Å²) in [6, 6.07) is 12.7. The molecule has 0 heterocycles. The summed E-state index contributed by atoms with van der Waals surface area (Å²) in [5.41, 5.74) is 2.36. The van der Waals surface area contributed by atoms with Gasteiger partial charge in [-0.3, -0.25) is 10.1 Å². The molecule has 136 valence electrons. The number of methoxy groups -OCH3 is 1. The van der Waals surface area contributed by atoms with Crippen LogP contribution in [0.4, 0.5) is 11.4 Å². The fourth-order valence-electron chi connectivity index (χ4n) is 2.79. The van der Waals surface area contributed by atoms with E-state index >= 15 is 0 Å². The second-order valence-corrected chi connectivity index (χ2v) is 6.17. The van der Waals surface area contributed by atoms with Crippen molar-refractivity contribution in [3.05, 3.63) is 63.2 Å². The van der Waals surface area contributed by atoms with E-state index in [4.69, 9.17) is 10.00 Å². The molecule has 0 radical (unpaired) electrons. The van der Waals surface area contributed by atoms with Gasteiger partial charge in [-0.15, -0.1) is 0 Å². The number of nitriles is 1. The minimum atomic E-state index is -0.465. The second kappa shape index (κ2) is 8.32. The van der Waals surface area contributed by atoms with Gasteiger partial charge >= 0.3 is 0 Å². The number of nitrogens with zero attached hydrogens (tertiary/aromatic N) is 3. The number of hydrogen-bond acceptors (Lipinski definition) is 6. The molecule has 0 aliphatic carbocycles. The van der Waals surface area contributed by atoms with Crippen LogP contribution >= 0.6 is 0 Å². The maximum atomic E-state index is 11.2. The molecule has 0 aromatic heterocycles. The topological polar surface area (TPSA) is 91.4 Å². The van der Waals surface area contributed by atoms with E-state index in [0.717, 1.165) is 11.3 Å². The van der Waals surface area contributed by atoms with Crippen LogP contribution in [0, 0.1) is 28.4 Å². The van der Waals surface area contributed by atoms with E-state index in [1.165, 1.54) is 6.07 Å². The Balaban J connectivity index is 2.31. The normalized spacial score (nSPS) is 11.7. The Labute approximate surface area is 153 Å². The second-order valence-electron chi connectivity index (χ2n) is 6.17. The van der Waals surface area contributed by atoms with Gasteiger partial charge in [-0.1, -0.05) is 12.1 Å². The van der Waals surface area contributed by atoms with Gasteiger partial charge in [0.2, 0.25) is 0 Å². The highest BCUT2D eigenvalue weighted by atomic mass is 16.6. The first-order valence-electron chi connectivity index (χ1n) is 8.10. The Morgan fingerprint density at radius 1 is 1.35 bits per heavy atom. The van der Waals surface area contributed by atoms with Gasteiger partial charge in [0.25, 0.3) is 5.69 Å². The van der Waals surface area contributed by atoms with Crippen molar-refractivity contribution in [2.24, 2.45) is 0 Å². The minimum absolute atomic E-state index is 0.0225. The van der Waals surface area contributed by atoms with E-state index < -0.39 is 4.92 Å². The Kier molecular flexibility index (Phi) is 6.15. The molecule has 2 aromatic carbocycles. The van der Waals surface area contributed by atoms with Crippen LogP contribution in [0.3, 0.4) is 0 Å². The number of nitrogens with one attached hydrogen (secondary N) is 1. The molecule has 7 nitrogen and oxygen atoms in total. The molecule has 1 N–H and O–H groups in total. The quantitative estimate of drug-likeness (QED) is 0.604. The molecular weight excluding hydrogens is 332 g/mol. The van der Waals surface area contributed by atoms with E-state index in [9.17, 15) is 10.1 Å². The third kappa shape index (κ3) is 4.29. The van der Waals surface area contributed by atoms with Crippen molar-refractivity contribution in [3.63, 3.8) is 0 Å². The summed E-state index contributed by atoms with van der Waals surface area (Å²) < 4.78 is 5.29. The molecule has 0 saturated heterocycles. The van der Waals surface area contributed by atoms with E-state index in [-0.39, 0.29) is 17.3 Å². The van der Waals surface area contributed by atoms with Crippen LogP contribution in [-0.4, -0.2) is 37.6 Å². The minimum Gasteiger partial charge on any atom is -0.497 e. The molecule has 0 spiro atoms. The number of ether oxygens (including phenoxy) is 1. The maximum Gasteiger partial charge on any atom is 0.275 e. The van der Waals surface area contributed by atoms with Crippen LogP contribution < -0.4 is 10.1 Å². The molecule has 0 aliphatic heterocycles. The average Bonchev–Trinajstić information content (AvgIpc) is 2.62. The zero-order valence-corrected chi connectivity index (χ0v) is 15.3. The molecule has 0 saturated carbocycles. The highest BCUT2D eigenvalue weighted by molar-refractivity contribution is 5.64. The van der Waals surface area contributed by atoms with Crippen molar-refractivity contribution in [3.8, 4) is 11.8 Å². The molecule has 26 heavy (non-hydrogen) atoms. The number of nitro groups is 1. The molecule has 1 unspecified atom stereocenters. The third-order valence-corrected chi connectivity index (χ3v) is 4.29. The Hall–Kier alpha value is -3.11. The summed E-state index contributed by atoms with van der Waals surface area (Å²) in [5, 5.41) is 23.6. The predicted molar refractivity (Wildman–Crippen MR) is 100 cm³/mol. The lowest BCUT2D eigenvalue weighted by atomic mass is 10.0. The molecule has 7 heteroatoms. The SMILES string of the molecule is COc1cccc(C(CNc2cc(C#N)cc([N+](=O)[O-])c2C)N(C)C)c1. The van der Waals surface area contributed by atoms with Gasteiger partial charge in [0.15, 0.2) is 0 Å². The van der Waals surface area contributed by atoms with Gasteiger partial charge in [-0.05, 0) is 44.8 Å². The number of likely N-dealkylation sites (N-methyl/N-ethyl adjacent to an activating group) is 1. The molecule has 0 bridgehead atoms. The standard InChI is InChI=1S/C19H22N4O3/c1-13-17(8-14(11-20)9-18(13)23(24)25)21-12-19(22(2)3)15-6-5-7-16(10-15)26-4/h5-10,19,21H,12H2,1-4H3. The Morgan fingerprint density at radius 2 is 2.08 bits per heavy atom. The van der Waals surface area contributed by atoms with Crippen LogP contribution in [0.15, 0.2) is 36.4 Å². The number of benzene rings is 2. The van der Waals surface area contributed by atoms with E-state index in [0.29, 0.717) is 17.8 Å². The van der Waals surface area contributed by atoms with Gasteiger partial charge in [-0.25, -0.2) is 0 Å². The van der Waals surface area contributed by atoms with Crippen LogP contribution in [0.1, 0.15) is 22.7 Å². The van der Waals surface area contributed by atoms with Crippen molar-refractivity contribution < 1.29 is 9.66 Å². The lowest BCUT2D eigenvalue weighted by molar-refractivity contribution is -0.385. The van der Waals surface area contributed by atoms with E-state index in [1.807, 2.05) is 44.4 Å². The summed E-state index contributed by atoms with van der Waals surface area (Å²) >= 11 is 0. The summed E-state index contributed by atoms with van der Waals surface area (Å²) in [4.78, 5) is 12.8. The zero-order chi connectivity index (χ0) is 19.3. The Bertz CT molecular complexity index is 843. The van der Waals surface area contributed by atoms with Gasteiger partial charge < -0.3 is 15.0 Å². The molecule has 2 aromatic rings. The maximum absolute atomic E-state index is 11.2. The lowest BCUT2D eigenvalue weighted by Gasteiger charge is -2.26. The smallest absolute Gasteiger partial charge is 0.275 e. The van der Waals surface area contributed by atoms with Crippen LogP contribution in [0.25, 0.3) is 0 Å². The number of hydrogen-bond donors (Lipinski definition) is 1. The zero-order valence-electron chi connectivity index (χ0n) is 15.3. The van der Waals surface area contributed by atoms with E-state index in [2.05, 4.69) is 10.2 Å². The molecular formula is C19H22N4O3. The van der Waals surface area contributed by atoms with Gasteiger partial charge in [-0.2, -0.15) is 5.26 Å². The molecule has 0 amide bonds. The monoisotopic (exact) mass is 354 g/mol. The number of nitro benzene ring substituents is 1. The van der Waals surface area contributed by atoms with Gasteiger partial charge in [0.1, 0.15) is 5.75 Å². The predicted octanol–water partition coefficient (Wildman–Crippen LogP) is 3.50. The van der Waals surface area contributed by atoms with Crippen molar-refractivity contribution in [1.82, 2.24) is 4.90 Å². The fraction of sp³-hybridized carbons (Fsp3) is 0.316. The van der Waals surface area contributed by atoms with Crippen molar-refractivity contribution in [2.45, 2.75) is 13.0 Å². The number of anilines is 1. The summed E-state index contributed by atoms with van der Waals surface area (Å²) in [7, 11) is 5.55. The van der Waals surface area contributed by atoms with Crippen LogP contribution in [0.2, 0.25) is 0 Å². The first-order chi connectivity index (χ1) is 12.4. The molecule has 2 rings (SSSR count). The molecule has 0 aliphatic rings. The van der Waals surface area contributed by atoms with E-state index in [1.54, 1.807) is 20.1 Å². The summed E-state index contributed by atoms with van der Waals surface area (Å²) in [5.74, 6) is 0.771. The van der Waals surface area contributed by atoms with Gasteiger partial charge in [0.05, 0.1) is 29.7 Å².